The largest absolute Gasteiger partial charge is 0.368 e. The Kier molecular flexibility index (Phi) is 5.87. The summed E-state index contributed by atoms with van der Waals surface area (Å²) in [6.45, 7) is 2.09. The minimum Gasteiger partial charge on any atom is -0.368 e. The number of halogens is 1. The lowest BCUT2D eigenvalue weighted by Crippen LogP contribution is -2.29. The van der Waals surface area contributed by atoms with Gasteiger partial charge in [-0.1, -0.05) is 11.8 Å². The smallest absolute Gasteiger partial charge is 0.189 e. The Morgan fingerprint density at radius 2 is 2.50 bits per heavy atom. The molecule has 1 fully saturated rings. The second kappa shape index (κ2) is 6.93. The molecule has 0 radical (unpaired) electrons. The Morgan fingerprint density at radius 3 is 3.19 bits per heavy atom. The molecule has 16 heavy (non-hydrogen) atoms. The third kappa shape index (κ3) is 3.81. The molecule has 4 nitrogen and oxygen atoms in total. The van der Waals surface area contributed by atoms with E-state index in [1.54, 1.807) is 18.0 Å². The van der Waals surface area contributed by atoms with Crippen LogP contribution in [0.15, 0.2) is 17.4 Å². The van der Waals surface area contributed by atoms with Crippen molar-refractivity contribution in [3.8, 4) is 0 Å². The maximum Gasteiger partial charge on any atom is 0.189 e. The third-order valence-corrected chi connectivity index (χ3v) is 3.07. The van der Waals surface area contributed by atoms with E-state index in [4.69, 9.17) is 0 Å². The molecule has 0 saturated carbocycles. The molecule has 2 N–H and O–H groups in total. The molecule has 1 unspecified atom stereocenters. The fourth-order valence-corrected chi connectivity index (χ4v) is 2.05. The van der Waals surface area contributed by atoms with Gasteiger partial charge in [-0.15, -0.1) is 12.4 Å². The third-order valence-electron chi connectivity index (χ3n) is 2.51. The van der Waals surface area contributed by atoms with Crippen molar-refractivity contribution in [2.24, 2.45) is 0 Å². The summed E-state index contributed by atoms with van der Waals surface area (Å²) in [6, 6.07) is 2.51. The molecule has 1 aromatic rings. The summed E-state index contributed by atoms with van der Waals surface area (Å²) in [7, 11) is 0. The topological polar surface area (TPSA) is 49.8 Å². The van der Waals surface area contributed by atoms with Crippen molar-refractivity contribution in [3.63, 3.8) is 0 Å². The SMILES string of the molecule is CSc1nccc(NCC2CCCN2)n1.Cl. The van der Waals surface area contributed by atoms with Gasteiger partial charge in [0.1, 0.15) is 5.82 Å². The van der Waals surface area contributed by atoms with E-state index < -0.39 is 0 Å². The van der Waals surface area contributed by atoms with Gasteiger partial charge in [0, 0.05) is 18.8 Å². The van der Waals surface area contributed by atoms with Crippen molar-refractivity contribution in [1.29, 1.82) is 0 Å². The second-order valence-electron chi connectivity index (χ2n) is 3.60. The number of nitrogens with one attached hydrogen (secondary N) is 2. The summed E-state index contributed by atoms with van der Waals surface area (Å²) in [6.07, 6.45) is 6.32. The predicted molar refractivity (Wildman–Crippen MR) is 70.6 cm³/mol. The fraction of sp³-hybridized carbons (Fsp3) is 0.600. The van der Waals surface area contributed by atoms with Crippen molar-refractivity contribution in [1.82, 2.24) is 15.3 Å². The van der Waals surface area contributed by atoms with Gasteiger partial charge in [0.05, 0.1) is 0 Å². The minimum absolute atomic E-state index is 0. The van der Waals surface area contributed by atoms with Crippen LogP contribution in [0.25, 0.3) is 0 Å². The first-order chi connectivity index (χ1) is 7.38. The molecule has 0 aromatic carbocycles. The van der Waals surface area contributed by atoms with Gasteiger partial charge in [-0.05, 0) is 31.7 Å². The number of hydrogen-bond donors (Lipinski definition) is 2. The van der Waals surface area contributed by atoms with Crippen LogP contribution in [0.4, 0.5) is 5.82 Å². The number of thioether (sulfide) groups is 1. The first-order valence-corrected chi connectivity index (χ1v) is 6.45. The predicted octanol–water partition coefficient (Wildman–Crippen LogP) is 1.78. The Bertz CT molecular complexity index is 317. The first kappa shape index (κ1) is 13.5. The van der Waals surface area contributed by atoms with Gasteiger partial charge in [0.25, 0.3) is 0 Å². The van der Waals surface area contributed by atoms with Crippen molar-refractivity contribution in [2.75, 3.05) is 24.7 Å². The standard InChI is InChI=1S/C10H16N4S.ClH/c1-15-10-12-6-4-9(14-10)13-7-8-3-2-5-11-8;/h4,6,8,11H,2-3,5,7H2,1H3,(H,12,13,14);1H. The first-order valence-electron chi connectivity index (χ1n) is 5.23. The van der Waals surface area contributed by atoms with Crippen LogP contribution in [0.3, 0.4) is 0 Å². The van der Waals surface area contributed by atoms with E-state index in [1.165, 1.54) is 12.8 Å². The molecule has 90 valence electrons. The van der Waals surface area contributed by atoms with E-state index in [0.717, 1.165) is 24.1 Å². The van der Waals surface area contributed by atoms with E-state index in [2.05, 4.69) is 20.6 Å². The van der Waals surface area contributed by atoms with Crippen LogP contribution in [-0.4, -0.2) is 35.4 Å². The summed E-state index contributed by atoms with van der Waals surface area (Å²) < 4.78 is 0. The Balaban J connectivity index is 0.00000128. The average molecular weight is 261 g/mol. The zero-order chi connectivity index (χ0) is 10.5. The number of anilines is 1. The zero-order valence-corrected chi connectivity index (χ0v) is 10.9. The van der Waals surface area contributed by atoms with Crippen molar-refractivity contribution < 1.29 is 0 Å². The Hall–Kier alpha value is -0.520. The van der Waals surface area contributed by atoms with E-state index in [0.29, 0.717) is 6.04 Å². The fourth-order valence-electron chi connectivity index (χ4n) is 1.70. The van der Waals surface area contributed by atoms with Crippen molar-refractivity contribution in [2.45, 2.75) is 24.0 Å². The lowest BCUT2D eigenvalue weighted by Gasteiger charge is -2.11. The zero-order valence-electron chi connectivity index (χ0n) is 9.27. The molecule has 0 spiro atoms. The van der Waals surface area contributed by atoms with Gasteiger partial charge in [-0.25, -0.2) is 9.97 Å². The van der Waals surface area contributed by atoms with E-state index in [9.17, 15) is 0 Å². The molecule has 2 rings (SSSR count). The highest BCUT2D eigenvalue weighted by Crippen LogP contribution is 2.11. The van der Waals surface area contributed by atoms with Crippen LogP contribution < -0.4 is 10.6 Å². The van der Waals surface area contributed by atoms with Gasteiger partial charge in [0.15, 0.2) is 5.16 Å². The monoisotopic (exact) mass is 260 g/mol. The Labute approximate surface area is 106 Å². The minimum atomic E-state index is 0. The summed E-state index contributed by atoms with van der Waals surface area (Å²) in [5.41, 5.74) is 0. The maximum absolute atomic E-state index is 4.37. The number of aromatic nitrogens is 2. The number of nitrogens with zero attached hydrogens (tertiary/aromatic N) is 2. The second-order valence-corrected chi connectivity index (χ2v) is 4.38. The van der Waals surface area contributed by atoms with Gasteiger partial charge >= 0.3 is 0 Å². The summed E-state index contributed by atoms with van der Waals surface area (Å²) in [5.74, 6) is 0.919. The molecule has 2 heterocycles. The van der Waals surface area contributed by atoms with Crippen LogP contribution in [0.1, 0.15) is 12.8 Å². The molecule has 0 aliphatic carbocycles. The molecule has 1 aromatic heterocycles. The van der Waals surface area contributed by atoms with Crippen molar-refractivity contribution in [3.05, 3.63) is 12.3 Å². The summed E-state index contributed by atoms with van der Waals surface area (Å²) >= 11 is 1.56. The lowest BCUT2D eigenvalue weighted by molar-refractivity contribution is 0.632. The summed E-state index contributed by atoms with van der Waals surface area (Å²) in [4.78, 5) is 8.50. The molecule has 1 atom stereocenters. The highest BCUT2D eigenvalue weighted by molar-refractivity contribution is 7.98. The lowest BCUT2D eigenvalue weighted by atomic mass is 10.2. The van der Waals surface area contributed by atoms with Crippen LogP contribution in [-0.2, 0) is 0 Å². The van der Waals surface area contributed by atoms with Gasteiger partial charge in [-0.3, -0.25) is 0 Å². The number of hydrogen-bond acceptors (Lipinski definition) is 5. The quantitative estimate of drug-likeness (QED) is 0.639. The van der Waals surface area contributed by atoms with Gasteiger partial charge in [0.2, 0.25) is 0 Å². The molecular weight excluding hydrogens is 244 g/mol. The molecule has 1 aliphatic heterocycles. The van der Waals surface area contributed by atoms with Crippen LogP contribution >= 0.6 is 24.2 Å². The molecular formula is C10H17ClN4S. The van der Waals surface area contributed by atoms with Crippen molar-refractivity contribution >= 4 is 30.0 Å². The molecule has 6 heteroatoms. The highest BCUT2D eigenvalue weighted by atomic mass is 35.5. The normalized spacial score (nSPS) is 19.2. The van der Waals surface area contributed by atoms with Crippen LogP contribution in [0.2, 0.25) is 0 Å². The van der Waals surface area contributed by atoms with E-state index in [-0.39, 0.29) is 12.4 Å². The summed E-state index contributed by atoms with van der Waals surface area (Å²) in [5, 5.41) is 7.60. The highest BCUT2D eigenvalue weighted by Gasteiger charge is 2.13. The molecule has 0 amide bonds. The average Bonchev–Trinajstić information content (AvgIpc) is 2.79. The number of rotatable bonds is 4. The molecule has 0 bridgehead atoms. The van der Waals surface area contributed by atoms with Gasteiger partial charge in [-0.2, -0.15) is 0 Å². The maximum atomic E-state index is 4.37. The molecule has 1 saturated heterocycles. The van der Waals surface area contributed by atoms with E-state index >= 15 is 0 Å². The Morgan fingerprint density at radius 1 is 1.62 bits per heavy atom. The molecule has 1 aliphatic rings. The van der Waals surface area contributed by atoms with E-state index in [1.807, 2.05) is 12.3 Å². The van der Waals surface area contributed by atoms with Crippen LogP contribution in [0.5, 0.6) is 0 Å². The van der Waals surface area contributed by atoms with Crippen LogP contribution in [0, 0.1) is 0 Å². The van der Waals surface area contributed by atoms with Gasteiger partial charge < -0.3 is 10.6 Å².